The van der Waals surface area contributed by atoms with Crippen molar-refractivity contribution in [1.29, 1.82) is 0 Å². The second-order valence-electron chi connectivity index (χ2n) is 23.6. The van der Waals surface area contributed by atoms with Crippen LogP contribution in [-0.4, -0.2) is 74.3 Å². The average molecular weight is 1100 g/mol. The van der Waals surface area contributed by atoms with Crippen molar-refractivity contribution >= 4 is 19.7 Å². The second kappa shape index (κ2) is 57.2. The van der Waals surface area contributed by atoms with Crippen LogP contribution in [0.1, 0.15) is 316 Å². The fourth-order valence-electron chi connectivity index (χ4n) is 9.60. The monoisotopic (exact) mass is 1100 g/mol. The van der Waals surface area contributed by atoms with E-state index in [1.54, 1.807) is 0 Å². The molecule has 0 radical (unpaired) electrons. The molecule has 0 heterocycles. The van der Waals surface area contributed by atoms with Crippen LogP contribution in [0.15, 0.2) is 48.6 Å². The van der Waals surface area contributed by atoms with Gasteiger partial charge in [0.1, 0.15) is 19.3 Å². The maximum atomic E-state index is 13.5. The Morgan fingerprint density at radius 2 is 0.805 bits per heavy atom. The summed E-state index contributed by atoms with van der Waals surface area (Å²) >= 11 is 0. The van der Waals surface area contributed by atoms with Gasteiger partial charge < -0.3 is 19.4 Å². The molecule has 0 aromatic carbocycles. The van der Waals surface area contributed by atoms with Crippen LogP contribution in [0.2, 0.25) is 0 Å². The molecule has 1 amide bonds. The van der Waals surface area contributed by atoms with Gasteiger partial charge in [0.25, 0.3) is 0 Å². The van der Waals surface area contributed by atoms with Gasteiger partial charge in [-0.3, -0.25) is 18.6 Å². The minimum absolute atomic E-state index is 0.0399. The number of amides is 1. The van der Waals surface area contributed by atoms with E-state index in [9.17, 15) is 19.0 Å². The zero-order chi connectivity index (χ0) is 56.4. The molecule has 0 aromatic rings. The fraction of sp³-hybridized carbons (Fsp3) is 0.851. The number of ether oxygens (including phenoxy) is 1. The van der Waals surface area contributed by atoms with Gasteiger partial charge in [0.2, 0.25) is 5.91 Å². The molecule has 77 heavy (non-hydrogen) atoms. The molecule has 0 bridgehead atoms. The zero-order valence-electron chi connectivity index (χ0n) is 51.7. The highest BCUT2D eigenvalue weighted by molar-refractivity contribution is 7.47. The number of unbranched alkanes of at least 4 members (excludes halogenated alkanes) is 38. The first kappa shape index (κ1) is 75.0. The van der Waals surface area contributed by atoms with Crippen LogP contribution in [-0.2, 0) is 27.9 Å². The van der Waals surface area contributed by atoms with Crippen molar-refractivity contribution in [2.24, 2.45) is 0 Å². The van der Waals surface area contributed by atoms with E-state index in [0.717, 1.165) is 89.9 Å². The molecule has 0 rings (SSSR count). The Kier molecular flexibility index (Phi) is 55.7. The first-order chi connectivity index (χ1) is 37.4. The van der Waals surface area contributed by atoms with Gasteiger partial charge in [-0.05, 0) is 83.1 Å². The maximum absolute atomic E-state index is 13.5. The van der Waals surface area contributed by atoms with E-state index in [1.807, 2.05) is 33.3 Å². The average Bonchev–Trinajstić information content (AvgIpc) is 3.39. The van der Waals surface area contributed by atoms with Gasteiger partial charge in [0.05, 0.1) is 33.8 Å². The standard InChI is InChI=1S/C67H127N2O7P/c1-7-10-13-16-19-22-25-27-28-29-30-31-32-33-34-35-36-37-38-39-40-42-45-48-51-54-57-60-67(71)76-65(58-55-52-49-46-44-41-26-23-20-17-14-11-8-2)64(63-75-77(72,73)74-62-61-69(4,5)6)68-66(70)59-56-53-50-47-43-24-21-18-15-12-9-3/h18-19,21-22,27-28,55,58,64-65H,7-17,20,23-26,29-54,56-57,59-63H2,1-6H3,(H-,68,70,72,73)/p+1/b21-18-,22-19-,28-27-,58-55-. The molecule has 0 aromatic heterocycles. The van der Waals surface area contributed by atoms with Gasteiger partial charge in [-0.2, -0.15) is 0 Å². The second-order valence-corrected chi connectivity index (χ2v) is 25.1. The summed E-state index contributed by atoms with van der Waals surface area (Å²) < 4.78 is 30.7. The molecule has 10 heteroatoms. The number of carbonyl (C=O) groups is 2. The van der Waals surface area contributed by atoms with Crippen LogP contribution in [0, 0.1) is 0 Å². The molecule has 0 aliphatic heterocycles. The van der Waals surface area contributed by atoms with E-state index < -0.39 is 20.0 Å². The Bertz CT molecular complexity index is 1460. The summed E-state index contributed by atoms with van der Waals surface area (Å²) in [6.45, 7) is 6.97. The number of esters is 1. The largest absolute Gasteiger partial charge is 0.472 e. The molecule has 452 valence electrons. The van der Waals surface area contributed by atoms with E-state index in [-0.39, 0.29) is 25.1 Å². The summed E-state index contributed by atoms with van der Waals surface area (Å²) in [6, 6.07) is -0.849. The maximum Gasteiger partial charge on any atom is 0.472 e. The van der Waals surface area contributed by atoms with Gasteiger partial charge in [0.15, 0.2) is 0 Å². The number of allylic oxidation sites excluding steroid dienone is 7. The number of hydrogen-bond donors (Lipinski definition) is 2. The van der Waals surface area contributed by atoms with E-state index in [2.05, 4.69) is 62.5 Å². The summed E-state index contributed by atoms with van der Waals surface area (Å²) in [7, 11) is 1.50. The molecule has 0 fully saturated rings. The quantitative estimate of drug-likeness (QED) is 0.0205. The lowest BCUT2D eigenvalue weighted by Crippen LogP contribution is -2.47. The number of phosphoric ester groups is 1. The van der Waals surface area contributed by atoms with Crippen LogP contribution < -0.4 is 5.32 Å². The molecule has 0 spiro atoms. The number of likely N-dealkylation sites (N-methyl/N-ethyl adjacent to an activating group) is 1. The van der Waals surface area contributed by atoms with Gasteiger partial charge in [-0.25, -0.2) is 4.57 Å². The van der Waals surface area contributed by atoms with E-state index >= 15 is 0 Å². The van der Waals surface area contributed by atoms with E-state index in [4.69, 9.17) is 13.8 Å². The molecule has 9 nitrogen and oxygen atoms in total. The number of carbonyl (C=O) groups excluding carboxylic acids is 2. The Balaban J connectivity index is 4.98. The highest BCUT2D eigenvalue weighted by Gasteiger charge is 2.30. The molecular formula is C67H128N2O7P+. The zero-order valence-corrected chi connectivity index (χ0v) is 52.6. The molecule has 0 saturated carbocycles. The minimum Gasteiger partial charge on any atom is -0.456 e. The van der Waals surface area contributed by atoms with Crippen molar-refractivity contribution in [3.05, 3.63) is 48.6 Å². The van der Waals surface area contributed by atoms with Crippen molar-refractivity contribution in [3.8, 4) is 0 Å². The number of nitrogens with zero attached hydrogens (tertiary/aromatic N) is 1. The molecule has 2 N–H and O–H groups in total. The number of nitrogens with one attached hydrogen (secondary N) is 1. The Labute approximate surface area is 478 Å². The van der Waals surface area contributed by atoms with Gasteiger partial charge in [-0.15, -0.1) is 0 Å². The first-order valence-corrected chi connectivity index (χ1v) is 34.5. The predicted octanol–water partition coefficient (Wildman–Crippen LogP) is 20.5. The third-order valence-electron chi connectivity index (χ3n) is 14.7. The Morgan fingerprint density at radius 1 is 0.455 bits per heavy atom. The van der Waals surface area contributed by atoms with Gasteiger partial charge in [0, 0.05) is 12.8 Å². The topological polar surface area (TPSA) is 111 Å². The highest BCUT2D eigenvalue weighted by Crippen LogP contribution is 2.43. The highest BCUT2D eigenvalue weighted by atomic mass is 31.2. The number of quaternary nitrogens is 1. The summed E-state index contributed by atoms with van der Waals surface area (Å²) in [5.74, 6) is -0.505. The van der Waals surface area contributed by atoms with Crippen molar-refractivity contribution in [2.75, 3.05) is 40.9 Å². The van der Waals surface area contributed by atoms with Crippen LogP contribution >= 0.6 is 7.82 Å². The lowest BCUT2D eigenvalue weighted by Gasteiger charge is -2.27. The fourth-order valence-corrected chi connectivity index (χ4v) is 10.3. The van der Waals surface area contributed by atoms with Gasteiger partial charge in [-0.1, -0.05) is 269 Å². The number of phosphoric acid groups is 1. The predicted molar refractivity (Wildman–Crippen MR) is 332 cm³/mol. The van der Waals surface area contributed by atoms with E-state index in [0.29, 0.717) is 23.9 Å². The van der Waals surface area contributed by atoms with Crippen molar-refractivity contribution in [3.63, 3.8) is 0 Å². The summed E-state index contributed by atoms with van der Waals surface area (Å²) in [5, 5.41) is 3.05. The lowest BCUT2D eigenvalue weighted by molar-refractivity contribution is -0.870. The lowest BCUT2D eigenvalue weighted by atomic mass is 10.0. The molecular weight excluding hydrogens is 976 g/mol. The smallest absolute Gasteiger partial charge is 0.456 e. The summed E-state index contributed by atoms with van der Waals surface area (Å²) in [6.07, 6.45) is 71.3. The first-order valence-electron chi connectivity index (χ1n) is 33.0. The van der Waals surface area contributed by atoms with Crippen molar-refractivity contribution < 1.29 is 37.3 Å². The summed E-state index contributed by atoms with van der Waals surface area (Å²) in [5.41, 5.74) is 0. The molecule has 3 unspecified atom stereocenters. The van der Waals surface area contributed by atoms with Crippen LogP contribution in [0.5, 0.6) is 0 Å². The normalized spacial score (nSPS) is 13.9. The third-order valence-corrected chi connectivity index (χ3v) is 15.7. The Hall–Kier alpha value is -2.03. The molecule has 0 saturated heterocycles. The molecule has 0 aliphatic rings. The number of rotatable bonds is 60. The van der Waals surface area contributed by atoms with Crippen molar-refractivity contribution in [1.82, 2.24) is 5.32 Å². The SMILES string of the molecule is CCCC/C=C\CCCCCCCC(=O)NC(COP(=O)(O)OCC[N+](C)(C)C)C(/C=C\CCCCCCCCCCCCC)OC(=O)CCCCCCCCCCCCCCCCCCC/C=C\C/C=C\CCCCC. The molecule has 0 aliphatic carbocycles. The van der Waals surface area contributed by atoms with Crippen LogP contribution in [0.3, 0.4) is 0 Å². The van der Waals surface area contributed by atoms with Crippen LogP contribution in [0.4, 0.5) is 0 Å². The number of hydrogen-bond acceptors (Lipinski definition) is 6. The van der Waals surface area contributed by atoms with Crippen LogP contribution in [0.25, 0.3) is 0 Å². The summed E-state index contributed by atoms with van der Waals surface area (Å²) in [4.78, 5) is 37.7. The van der Waals surface area contributed by atoms with Gasteiger partial charge >= 0.3 is 13.8 Å². The van der Waals surface area contributed by atoms with E-state index in [1.165, 1.54) is 193 Å². The molecule has 3 atom stereocenters. The Morgan fingerprint density at radius 3 is 1.25 bits per heavy atom. The minimum atomic E-state index is -4.45. The van der Waals surface area contributed by atoms with Crippen molar-refractivity contribution in [2.45, 2.75) is 328 Å². The third kappa shape index (κ3) is 58.4.